The molecular formula is C16H27N3OS. The van der Waals surface area contributed by atoms with Crippen LogP contribution in [0.3, 0.4) is 0 Å². The van der Waals surface area contributed by atoms with Crippen molar-refractivity contribution in [2.24, 2.45) is 4.99 Å². The van der Waals surface area contributed by atoms with Crippen LogP contribution in [-0.2, 0) is 11.3 Å². The van der Waals surface area contributed by atoms with Crippen LogP contribution in [0.25, 0.3) is 0 Å². The maximum atomic E-state index is 5.96. The molecule has 1 saturated carbocycles. The molecule has 2 rings (SSSR count). The van der Waals surface area contributed by atoms with Crippen LogP contribution < -0.4 is 10.6 Å². The van der Waals surface area contributed by atoms with Crippen LogP contribution in [0, 0.1) is 0 Å². The number of rotatable bonds is 6. The maximum Gasteiger partial charge on any atom is 0.191 e. The molecule has 0 aromatic carbocycles. The lowest BCUT2D eigenvalue weighted by Crippen LogP contribution is -2.38. The lowest BCUT2D eigenvalue weighted by atomic mass is 10.1. The molecule has 1 aliphatic carbocycles. The zero-order valence-corrected chi connectivity index (χ0v) is 13.8. The summed E-state index contributed by atoms with van der Waals surface area (Å²) in [6.07, 6.45) is 8.31. The van der Waals surface area contributed by atoms with Crippen molar-refractivity contribution in [1.82, 2.24) is 10.6 Å². The van der Waals surface area contributed by atoms with Gasteiger partial charge in [0.05, 0.1) is 12.7 Å². The van der Waals surface area contributed by atoms with Crippen molar-refractivity contribution in [3.05, 3.63) is 22.4 Å². The minimum atomic E-state index is 0.468. The molecule has 0 bridgehead atoms. The van der Waals surface area contributed by atoms with Crippen molar-refractivity contribution in [3.63, 3.8) is 0 Å². The average molecular weight is 309 g/mol. The predicted molar refractivity (Wildman–Crippen MR) is 90.0 cm³/mol. The summed E-state index contributed by atoms with van der Waals surface area (Å²) in [4.78, 5) is 4.23. The van der Waals surface area contributed by atoms with Gasteiger partial charge < -0.3 is 15.4 Å². The Morgan fingerprint density at radius 1 is 1.29 bits per heavy atom. The van der Waals surface area contributed by atoms with E-state index in [2.05, 4.69) is 32.5 Å². The van der Waals surface area contributed by atoms with Crippen molar-refractivity contribution < 1.29 is 4.74 Å². The fourth-order valence-electron chi connectivity index (χ4n) is 2.60. The lowest BCUT2D eigenvalue weighted by molar-refractivity contribution is 0.0468. The van der Waals surface area contributed by atoms with Crippen LogP contribution in [0.2, 0.25) is 0 Å². The first-order chi connectivity index (χ1) is 10.4. The number of hydrogen-bond acceptors (Lipinski definition) is 3. The fraction of sp³-hybridized carbons (Fsp3) is 0.688. The molecule has 4 nitrogen and oxygen atoms in total. The van der Waals surface area contributed by atoms with Gasteiger partial charge >= 0.3 is 0 Å². The molecule has 0 saturated heterocycles. The molecule has 2 N–H and O–H groups in total. The smallest absolute Gasteiger partial charge is 0.191 e. The molecule has 0 unspecified atom stereocenters. The first kappa shape index (κ1) is 16.3. The SMILES string of the molecule is CN=C(NCCOC1CCCCCC1)NCc1ccsc1. The summed E-state index contributed by atoms with van der Waals surface area (Å²) in [5, 5.41) is 10.9. The van der Waals surface area contributed by atoms with Crippen molar-refractivity contribution in [2.75, 3.05) is 20.2 Å². The molecule has 5 heteroatoms. The van der Waals surface area contributed by atoms with Crippen LogP contribution in [0.15, 0.2) is 21.8 Å². The van der Waals surface area contributed by atoms with Crippen LogP contribution in [0.1, 0.15) is 44.1 Å². The van der Waals surface area contributed by atoms with Gasteiger partial charge in [-0.2, -0.15) is 11.3 Å². The molecule has 1 aromatic heterocycles. The summed E-state index contributed by atoms with van der Waals surface area (Å²) in [6, 6.07) is 2.13. The molecule has 118 valence electrons. The van der Waals surface area contributed by atoms with Gasteiger partial charge in [0.1, 0.15) is 0 Å². The normalized spacial score (nSPS) is 17.5. The van der Waals surface area contributed by atoms with Crippen molar-refractivity contribution in [2.45, 2.75) is 51.2 Å². The van der Waals surface area contributed by atoms with Gasteiger partial charge in [0.2, 0.25) is 0 Å². The molecule has 0 aliphatic heterocycles. The minimum Gasteiger partial charge on any atom is -0.376 e. The Morgan fingerprint density at radius 2 is 2.10 bits per heavy atom. The van der Waals surface area contributed by atoms with Gasteiger partial charge in [-0.25, -0.2) is 0 Å². The first-order valence-corrected chi connectivity index (χ1v) is 8.90. The number of hydrogen-bond donors (Lipinski definition) is 2. The zero-order chi connectivity index (χ0) is 14.8. The Kier molecular flexibility index (Phi) is 7.60. The largest absolute Gasteiger partial charge is 0.376 e. The molecule has 1 aliphatic rings. The molecule has 0 amide bonds. The number of guanidine groups is 1. The van der Waals surface area contributed by atoms with Crippen molar-refractivity contribution in [1.29, 1.82) is 0 Å². The molecular weight excluding hydrogens is 282 g/mol. The van der Waals surface area contributed by atoms with E-state index in [0.29, 0.717) is 6.10 Å². The van der Waals surface area contributed by atoms with E-state index in [0.717, 1.165) is 25.7 Å². The number of ether oxygens (including phenoxy) is 1. The zero-order valence-electron chi connectivity index (χ0n) is 12.9. The lowest BCUT2D eigenvalue weighted by Gasteiger charge is -2.16. The quantitative estimate of drug-likeness (QED) is 0.367. The highest BCUT2D eigenvalue weighted by Gasteiger charge is 2.12. The molecule has 1 aromatic rings. The van der Waals surface area contributed by atoms with E-state index >= 15 is 0 Å². The van der Waals surface area contributed by atoms with Crippen molar-refractivity contribution >= 4 is 17.3 Å². The van der Waals surface area contributed by atoms with E-state index in [1.165, 1.54) is 44.1 Å². The fourth-order valence-corrected chi connectivity index (χ4v) is 3.27. The Balaban J connectivity index is 1.57. The molecule has 0 radical (unpaired) electrons. The second-order valence-electron chi connectivity index (χ2n) is 5.47. The van der Waals surface area contributed by atoms with E-state index < -0.39 is 0 Å². The Labute approximate surface area is 132 Å². The summed E-state index contributed by atoms with van der Waals surface area (Å²) < 4.78 is 5.96. The summed E-state index contributed by atoms with van der Waals surface area (Å²) in [5.74, 6) is 0.839. The summed E-state index contributed by atoms with van der Waals surface area (Å²) >= 11 is 1.72. The van der Waals surface area contributed by atoms with Gasteiger partial charge in [-0.15, -0.1) is 0 Å². The third kappa shape index (κ3) is 6.48. The third-order valence-electron chi connectivity index (χ3n) is 3.81. The average Bonchev–Trinajstić information content (AvgIpc) is 2.89. The summed E-state index contributed by atoms with van der Waals surface area (Å²) in [5.41, 5.74) is 1.29. The van der Waals surface area contributed by atoms with Gasteiger partial charge in [0.25, 0.3) is 0 Å². The van der Waals surface area contributed by atoms with E-state index in [-0.39, 0.29) is 0 Å². The van der Waals surface area contributed by atoms with Crippen LogP contribution in [-0.4, -0.2) is 32.3 Å². The van der Waals surface area contributed by atoms with Gasteiger partial charge in [0, 0.05) is 20.1 Å². The summed E-state index contributed by atoms with van der Waals surface area (Å²) in [7, 11) is 1.80. The molecule has 1 heterocycles. The monoisotopic (exact) mass is 309 g/mol. The molecule has 21 heavy (non-hydrogen) atoms. The van der Waals surface area contributed by atoms with E-state index in [1.807, 2.05) is 0 Å². The predicted octanol–water partition coefficient (Wildman–Crippen LogP) is 3.15. The third-order valence-corrected chi connectivity index (χ3v) is 4.55. The summed E-state index contributed by atoms with van der Waals surface area (Å²) in [6.45, 7) is 2.37. The Morgan fingerprint density at radius 3 is 2.76 bits per heavy atom. The second-order valence-corrected chi connectivity index (χ2v) is 6.25. The maximum absolute atomic E-state index is 5.96. The highest BCUT2D eigenvalue weighted by atomic mass is 32.1. The van der Waals surface area contributed by atoms with E-state index in [4.69, 9.17) is 4.74 Å². The Bertz CT molecular complexity index is 398. The highest BCUT2D eigenvalue weighted by Crippen LogP contribution is 2.19. The molecule has 1 fully saturated rings. The van der Waals surface area contributed by atoms with E-state index in [9.17, 15) is 0 Å². The van der Waals surface area contributed by atoms with Gasteiger partial charge in [-0.1, -0.05) is 25.7 Å². The van der Waals surface area contributed by atoms with Crippen molar-refractivity contribution in [3.8, 4) is 0 Å². The molecule has 0 atom stereocenters. The Hall–Kier alpha value is -1.07. The first-order valence-electron chi connectivity index (χ1n) is 7.95. The highest BCUT2D eigenvalue weighted by molar-refractivity contribution is 7.07. The van der Waals surface area contributed by atoms with Crippen LogP contribution in [0.5, 0.6) is 0 Å². The minimum absolute atomic E-state index is 0.468. The topological polar surface area (TPSA) is 45.7 Å². The van der Waals surface area contributed by atoms with Gasteiger partial charge in [-0.05, 0) is 35.2 Å². The number of nitrogens with zero attached hydrogens (tertiary/aromatic N) is 1. The van der Waals surface area contributed by atoms with E-state index in [1.54, 1.807) is 18.4 Å². The second kappa shape index (κ2) is 9.79. The number of nitrogens with one attached hydrogen (secondary N) is 2. The van der Waals surface area contributed by atoms with Gasteiger partial charge in [-0.3, -0.25) is 4.99 Å². The van der Waals surface area contributed by atoms with Gasteiger partial charge in [0.15, 0.2) is 5.96 Å². The van der Waals surface area contributed by atoms with Crippen LogP contribution >= 0.6 is 11.3 Å². The number of thiophene rings is 1. The number of aliphatic imine (C=N–C) groups is 1. The molecule has 0 spiro atoms. The standard InChI is InChI=1S/C16H27N3OS/c1-17-16(19-12-14-8-11-21-13-14)18-9-10-20-15-6-4-2-3-5-7-15/h8,11,13,15H,2-7,9-10,12H2,1H3,(H2,17,18,19). The van der Waals surface area contributed by atoms with Crippen LogP contribution in [0.4, 0.5) is 0 Å².